The van der Waals surface area contributed by atoms with Gasteiger partial charge in [-0.3, -0.25) is 0 Å². The van der Waals surface area contributed by atoms with Gasteiger partial charge in [0.2, 0.25) is 0 Å². The van der Waals surface area contributed by atoms with E-state index < -0.39 is 6.02 Å². The molecule has 2 aliphatic rings. The highest BCUT2D eigenvalue weighted by molar-refractivity contribution is 5.82. The van der Waals surface area contributed by atoms with Crippen LogP contribution in [-0.2, 0) is 0 Å². The van der Waals surface area contributed by atoms with Gasteiger partial charge in [0.25, 0.3) is 0 Å². The lowest BCUT2D eigenvalue weighted by molar-refractivity contribution is 0.269. The van der Waals surface area contributed by atoms with Gasteiger partial charge >= 0.3 is 0 Å². The molecular formula is C25H24N2. The first kappa shape index (κ1) is 15.1. The molecule has 0 saturated heterocycles. The zero-order valence-electron chi connectivity index (χ0n) is 17.0. The second-order valence-electron chi connectivity index (χ2n) is 7.38. The molecule has 2 heteroatoms. The van der Waals surface area contributed by atoms with Crippen LogP contribution in [0.15, 0.2) is 84.6 Å². The Hall–Kier alpha value is -3.00. The van der Waals surface area contributed by atoms with Crippen molar-refractivity contribution in [1.29, 1.82) is 0 Å². The smallest absolute Gasteiger partial charge is 0.133 e. The summed E-state index contributed by atoms with van der Waals surface area (Å²) in [6.07, 6.45) is -0.0489. The Labute approximate surface area is 162 Å². The summed E-state index contributed by atoms with van der Waals surface area (Å²) in [6, 6.07) is 26.6. The van der Waals surface area contributed by atoms with E-state index in [9.17, 15) is 1.37 Å². The van der Waals surface area contributed by atoms with E-state index in [1.807, 2.05) is 13.0 Å². The fraction of sp³-hybridized carbons (Fsp3) is 0.200. The van der Waals surface area contributed by atoms with Gasteiger partial charge in [-0.1, -0.05) is 72.8 Å². The quantitative estimate of drug-likeness (QED) is 0.535. The summed E-state index contributed by atoms with van der Waals surface area (Å²) in [6.45, 7) is 6.37. The van der Waals surface area contributed by atoms with Crippen molar-refractivity contribution in [2.75, 3.05) is 4.90 Å². The number of anilines is 1. The molecule has 0 fully saturated rings. The number of fused-ring (bicyclic) bond motifs is 3. The van der Waals surface area contributed by atoms with Crippen LogP contribution >= 0.6 is 0 Å². The second kappa shape index (κ2) is 6.02. The summed E-state index contributed by atoms with van der Waals surface area (Å²) in [5.41, 5.74) is 8.26. The first-order valence-corrected chi connectivity index (χ1v) is 9.51. The molecule has 3 aromatic carbocycles. The van der Waals surface area contributed by atoms with Crippen molar-refractivity contribution in [1.82, 2.24) is 4.90 Å². The molecule has 0 aliphatic carbocycles. The van der Waals surface area contributed by atoms with Gasteiger partial charge in [-0.2, -0.15) is 0 Å². The zero-order chi connectivity index (χ0) is 19.5. The fourth-order valence-corrected chi connectivity index (χ4v) is 4.59. The minimum atomic E-state index is -0.828. The van der Waals surface area contributed by atoms with Crippen LogP contribution in [0.25, 0.3) is 5.70 Å². The van der Waals surface area contributed by atoms with Crippen LogP contribution in [0.3, 0.4) is 0 Å². The summed E-state index contributed by atoms with van der Waals surface area (Å²) in [5, 5.41) is 0. The summed E-state index contributed by atoms with van der Waals surface area (Å²) in [7, 11) is 0. The van der Waals surface area contributed by atoms with Gasteiger partial charge in [0.15, 0.2) is 0 Å². The Kier molecular flexibility index (Phi) is 3.37. The monoisotopic (exact) mass is 353 g/mol. The van der Waals surface area contributed by atoms with Gasteiger partial charge in [-0.15, -0.1) is 0 Å². The van der Waals surface area contributed by atoms with Crippen LogP contribution in [0.4, 0.5) is 5.69 Å². The molecule has 5 rings (SSSR count). The third kappa shape index (κ3) is 2.26. The molecule has 27 heavy (non-hydrogen) atoms. The van der Waals surface area contributed by atoms with E-state index >= 15 is 0 Å². The predicted octanol–water partition coefficient (Wildman–Crippen LogP) is 6.28. The summed E-state index contributed by atoms with van der Waals surface area (Å²) >= 11 is 0. The normalized spacial score (nSPS) is 24.1. The first-order valence-electron chi connectivity index (χ1n) is 10.0. The molecule has 2 unspecified atom stereocenters. The van der Waals surface area contributed by atoms with Gasteiger partial charge in [0.05, 0.1) is 13.1 Å². The Morgan fingerprint density at radius 1 is 0.815 bits per heavy atom. The van der Waals surface area contributed by atoms with Crippen molar-refractivity contribution in [3.05, 3.63) is 107 Å². The molecule has 0 radical (unpaired) electrons. The van der Waals surface area contributed by atoms with Crippen LogP contribution in [0, 0.1) is 6.92 Å². The highest BCUT2D eigenvalue weighted by Crippen LogP contribution is 2.55. The van der Waals surface area contributed by atoms with Crippen molar-refractivity contribution in [3.8, 4) is 0 Å². The van der Waals surface area contributed by atoms with E-state index in [2.05, 4.69) is 96.4 Å². The second-order valence-corrected chi connectivity index (χ2v) is 7.38. The first-order chi connectivity index (χ1) is 13.5. The van der Waals surface area contributed by atoms with Gasteiger partial charge in [0.1, 0.15) is 6.17 Å². The molecule has 0 spiro atoms. The topological polar surface area (TPSA) is 6.48 Å². The molecule has 3 aromatic rings. The number of aryl methyl sites for hydroxylation is 1. The minimum absolute atomic E-state index is 0.0489. The molecule has 0 aromatic heterocycles. The molecular weight excluding hydrogens is 328 g/mol. The van der Waals surface area contributed by atoms with Gasteiger partial charge in [-0.05, 0) is 43.5 Å². The number of hydrogen-bond donors (Lipinski definition) is 0. The van der Waals surface area contributed by atoms with Crippen LogP contribution in [-0.4, -0.2) is 4.90 Å². The third-order valence-electron chi connectivity index (χ3n) is 5.84. The van der Waals surface area contributed by atoms with Crippen molar-refractivity contribution < 1.29 is 1.37 Å². The molecule has 134 valence electrons. The Bertz CT molecular complexity index is 1080. The summed E-state index contributed by atoms with van der Waals surface area (Å²) < 4.78 is 9.34. The van der Waals surface area contributed by atoms with Gasteiger partial charge < -0.3 is 9.80 Å². The van der Waals surface area contributed by atoms with E-state index in [-0.39, 0.29) is 6.17 Å². The standard InChI is InChI=1S/C25H24N2/c1-17-11-7-10-16-23(17)26-19(3)24-22-15-9-8-14-21(22)18(2)27(24)25(26)20-12-5-4-6-13-20/h4-16,18,25H,1-3H3/i18D. The molecule has 2 nitrogen and oxygen atoms in total. The lowest BCUT2D eigenvalue weighted by Crippen LogP contribution is -2.32. The van der Waals surface area contributed by atoms with E-state index in [1.54, 1.807) is 0 Å². The maximum atomic E-state index is 9.34. The lowest BCUT2D eigenvalue weighted by atomic mass is 10.0. The molecule has 0 amide bonds. The fourth-order valence-electron chi connectivity index (χ4n) is 4.59. The van der Waals surface area contributed by atoms with Crippen LogP contribution in [0.5, 0.6) is 0 Å². The van der Waals surface area contributed by atoms with Crippen LogP contribution in [0.1, 0.15) is 49.7 Å². The van der Waals surface area contributed by atoms with E-state index in [0.717, 1.165) is 5.56 Å². The zero-order valence-corrected chi connectivity index (χ0v) is 16.0. The predicted molar refractivity (Wildman–Crippen MR) is 112 cm³/mol. The van der Waals surface area contributed by atoms with Crippen molar-refractivity contribution in [2.45, 2.75) is 33.0 Å². The van der Waals surface area contributed by atoms with Crippen LogP contribution in [0.2, 0.25) is 0 Å². The molecule has 0 bridgehead atoms. The number of rotatable bonds is 2. The number of benzene rings is 3. The average Bonchev–Trinajstić information content (AvgIpc) is 3.14. The van der Waals surface area contributed by atoms with Crippen molar-refractivity contribution in [2.24, 2.45) is 0 Å². The average molecular weight is 353 g/mol. The largest absolute Gasteiger partial charge is 0.338 e. The highest BCUT2D eigenvalue weighted by Gasteiger charge is 2.46. The van der Waals surface area contributed by atoms with E-state index in [4.69, 9.17) is 0 Å². The van der Waals surface area contributed by atoms with Gasteiger partial charge in [-0.25, -0.2) is 0 Å². The number of hydrogen-bond acceptors (Lipinski definition) is 2. The Morgan fingerprint density at radius 2 is 1.48 bits per heavy atom. The SMILES string of the molecule is [2H]C1(C)c2ccccc2C2=C(C)N(c3ccccc3C)C(c3ccccc3)N21. The summed E-state index contributed by atoms with van der Waals surface area (Å²) in [5.74, 6) is 0. The Balaban J connectivity index is 1.80. The van der Waals surface area contributed by atoms with Crippen molar-refractivity contribution in [3.63, 3.8) is 0 Å². The van der Waals surface area contributed by atoms with E-state index in [0.29, 0.717) is 0 Å². The molecule has 0 N–H and O–H groups in total. The minimum Gasteiger partial charge on any atom is -0.338 e. The third-order valence-corrected chi connectivity index (χ3v) is 5.84. The lowest BCUT2D eigenvalue weighted by Gasteiger charge is -2.37. The summed E-state index contributed by atoms with van der Waals surface area (Å²) in [4.78, 5) is 4.69. The van der Waals surface area contributed by atoms with E-state index in [1.165, 1.54) is 33.8 Å². The molecule has 2 heterocycles. The number of allylic oxidation sites excluding steroid dienone is 1. The maximum Gasteiger partial charge on any atom is 0.133 e. The number of nitrogens with zero attached hydrogens (tertiary/aromatic N) is 2. The molecule has 2 atom stereocenters. The maximum absolute atomic E-state index is 9.34. The Morgan fingerprint density at radius 3 is 2.26 bits per heavy atom. The highest BCUT2D eigenvalue weighted by atomic mass is 15.4. The van der Waals surface area contributed by atoms with Crippen LogP contribution < -0.4 is 4.90 Å². The van der Waals surface area contributed by atoms with Gasteiger partial charge in [0, 0.05) is 16.9 Å². The molecule has 2 aliphatic heterocycles. The van der Waals surface area contributed by atoms with Crippen molar-refractivity contribution >= 4 is 11.4 Å². The number of para-hydroxylation sites is 1. The molecule has 0 saturated carbocycles.